The summed E-state index contributed by atoms with van der Waals surface area (Å²) in [4.78, 5) is 24.4. The topological polar surface area (TPSA) is 72.2 Å². The van der Waals surface area contributed by atoms with Crippen LogP contribution in [-0.4, -0.2) is 26.6 Å². The fraction of sp³-hybridized carbons (Fsp3) is 0.323. The number of carbonyl (C=O) groups excluding carboxylic acids is 1. The molecule has 3 aromatic carbocycles. The van der Waals surface area contributed by atoms with Crippen LogP contribution >= 0.6 is 11.6 Å². The van der Waals surface area contributed by atoms with Crippen molar-refractivity contribution in [2.45, 2.75) is 45.1 Å². The lowest BCUT2D eigenvalue weighted by Gasteiger charge is -2.58. The molecule has 1 heterocycles. The summed E-state index contributed by atoms with van der Waals surface area (Å²) < 4.78 is 16.0. The molecular formula is C31H28ClFN2O3. The summed E-state index contributed by atoms with van der Waals surface area (Å²) in [6, 6.07) is 18.0. The van der Waals surface area contributed by atoms with E-state index in [9.17, 15) is 14.0 Å². The van der Waals surface area contributed by atoms with Gasteiger partial charge in [-0.25, -0.2) is 4.39 Å². The number of fused-ring (bicyclic) bond motifs is 1. The molecule has 38 heavy (non-hydrogen) atoms. The van der Waals surface area contributed by atoms with Crippen molar-refractivity contribution in [3.8, 4) is 11.1 Å². The first kappa shape index (κ1) is 24.8. The molecule has 0 aliphatic heterocycles. The molecule has 6 rings (SSSR count). The SMILES string of the molecule is O=C(O)CC1CC2(C1)CC(CC(=O)c1ccc(Cl)c3cnn(Cc4ccc(-c5ccccc5F)cc4)c13)C2. The van der Waals surface area contributed by atoms with Gasteiger partial charge in [0.25, 0.3) is 0 Å². The average molecular weight is 531 g/mol. The number of Topliss-reactive ketones (excluding diaryl/α,β-unsaturated/α-hetero) is 1. The summed E-state index contributed by atoms with van der Waals surface area (Å²) in [5.41, 5.74) is 3.96. The van der Waals surface area contributed by atoms with Crippen LogP contribution in [0.4, 0.5) is 4.39 Å². The van der Waals surface area contributed by atoms with Crippen LogP contribution < -0.4 is 0 Å². The van der Waals surface area contributed by atoms with E-state index in [1.54, 1.807) is 30.5 Å². The molecule has 4 aromatic rings. The highest BCUT2D eigenvalue weighted by Crippen LogP contribution is 2.62. The first-order chi connectivity index (χ1) is 18.3. The summed E-state index contributed by atoms with van der Waals surface area (Å²) in [6.07, 6.45) is 6.37. The first-order valence-corrected chi connectivity index (χ1v) is 13.4. The van der Waals surface area contributed by atoms with Crippen LogP contribution in [0, 0.1) is 23.1 Å². The second-order valence-corrected chi connectivity index (χ2v) is 11.5. The van der Waals surface area contributed by atoms with Gasteiger partial charge in [-0.2, -0.15) is 5.10 Å². The molecule has 0 saturated heterocycles. The largest absolute Gasteiger partial charge is 0.481 e. The quantitative estimate of drug-likeness (QED) is 0.241. The third kappa shape index (κ3) is 4.62. The van der Waals surface area contributed by atoms with Crippen LogP contribution in [0.2, 0.25) is 5.02 Å². The smallest absolute Gasteiger partial charge is 0.303 e. The van der Waals surface area contributed by atoms with E-state index in [4.69, 9.17) is 16.7 Å². The van der Waals surface area contributed by atoms with Crippen molar-refractivity contribution in [3.63, 3.8) is 0 Å². The van der Waals surface area contributed by atoms with Crippen LogP contribution in [0.25, 0.3) is 22.0 Å². The Bertz CT molecular complexity index is 1530. The summed E-state index contributed by atoms with van der Waals surface area (Å²) in [7, 11) is 0. The van der Waals surface area contributed by atoms with E-state index >= 15 is 0 Å². The van der Waals surface area contributed by atoms with E-state index in [-0.39, 0.29) is 29.4 Å². The third-order valence-electron chi connectivity index (χ3n) is 8.34. The molecule has 2 aliphatic carbocycles. The number of hydrogen-bond donors (Lipinski definition) is 1. The highest BCUT2D eigenvalue weighted by Gasteiger charge is 2.53. The number of carbonyl (C=O) groups is 2. The van der Waals surface area contributed by atoms with Crippen molar-refractivity contribution >= 4 is 34.3 Å². The highest BCUT2D eigenvalue weighted by molar-refractivity contribution is 6.36. The van der Waals surface area contributed by atoms with Crippen molar-refractivity contribution in [3.05, 3.63) is 88.8 Å². The van der Waals surface area contributed by atoms with Gasteiger partial charge in [-0.15, -0.1) is 0 Å². The molecule has 5 nitrogen and oxygen atoms in total. The predicted molar refractivity (Wildman–Crippen MR) is 145 cm³/mol. The van der Waals surface area contributed by atoms with Crippen molar-refractivity contribution in [2.24, 2.45) is 17.3 Å². The molecule has 7 heteroatoms. The maximum absolute atomic E-state index is 14.2. The van der Waals surface area contributed by atoms with Gasteiger partial charge in [0.15, 0.2) is 5.78 Å². The Kier molecular flexibility index (Phi) is 6.31. The molecule has 194 valence electrons. The first-order valence-electron chi connectivity index (χ1n) is 13.0. The lowest BCUT2D eigenvalue weighted by molar-refractivity contribution is -0.142. The molecule has 2 fully saturated rings. The zero-order chi connectivity index (χ0) is 26.4. The van der Waals surface area contributed by atoms with E-state index in [1.165, 1.54) is 6.07 Å². The van der Waals surface area contributed by atoms with Gasteiger partial charge in [0.1, 0.15) is 5.82 Å². The van der Waals surface area contributed by atoms with Gasteiger partial charge in [-0.05, 0) is 72.3 Å². The van der Waals surface area contributed by atoms with Gasteiger partial charge in [-0.3, -0.25) is 14.3 Å². The second-order valence-electron chi connectivity index (χ2n) is 11.1. The number of halogens is 2. The molecule has 1 N–H and O–H groups in total. The van der Waals surface area contributed by atoms with E-state index in [1.807, 2.05) is 35.0 Å². The van der Waals surface area contributed by atoms with Gasteiger partial charge < -0.3 is 5.11 Å². The van der Waals surface area contributed by atoms with Crippen LogP contribution in [0.1, 0.15) is 54.4 Å². The number of aliphatic carboxylic acids is 1. The van der Waals surface area contributed by atoms with Crippen molar-refractivity contribution in [2.75, 3.05) is 0 Å². The van der Waals surface area contributed by atoms with Gasteiger partial charge in [0.05, 0.1) is 23.3 Å². The summed E-state index contributed by atoms with van der Waals surface area (Å²) in [6.45, 7) is 0.458. The lowest BCUT2D eigenvalue weighted by atomic mass is 9.47. The number of nitrogens with zero attached hydrogens (tertiary/aromatic N) is 2. The van der Waals surface area contributed by atoms with Crippen molar-refractivity contribution in [1.82, 2.24) is 9.78 Å². The predicted octanol–water partition coefficient (Wildman–Crippen LogP) is 7.40. The standard InChI is InChI=1S/C31H28ClFN2O3/c32-26-10-9-24(28(36)11-20-13-31(14-20)15-21(16-31)12-29(37)38)30-25(26)17-34-35(30)18-19-5-7-22(8-6-19)23-3-1-2-4-27(23)33/h1-10,17,20-21H,11-16,18H2,(H,37,38). The fourth-order valence-electron chi connectivity index (χ4n) is 6.74. The fourth-order valence-corrected chi connectivity index (χ4v) is 6.94. The maximum atomic E-state index is 14.2. The van der Waals surface area contributed by atoms with Gasteiger partial charge in [0.2, 0.25) is 0 Å². The Hall–Kier alpha value is -3.51. The molecular weight excluding hydrogens is 503 g/mol. The second kappa shape index (κ2) is 9.66. The Morgan fingerprint density at radius 3 is 2.34 bits per heavy atom. The summed E-state index contributed by atoms with van der Waals surface area (Å²) in [5, 5.41) is 14.9. The Balaban J connectivity index is 1.17. The van der Waals surface area contributed by atoms with Crippen molar-refractivity contribution < 1.29 is 19.1 Å². The van der Waals surface area contributed by atoms with Crippen LogP contribution in [0.5, 0.6) is 0 Å². The zero-order valence-corrected chi connectivity index (χ0v) is 21.6. The van der Waals surface area contributed by atoms with Crippen LogP contribution in [0.3, 0.4) is 0 Å². The monoisotopic (exact) mass is 530 g/mol. The Morgan fingerprint density at radius 1 is 0.974 bits per heavy atom. The number of ketones is 1. The molecule has 0 bridgehead atoms. The average Bonchev–Trinajstić information content (AvgIpc) is 3.26. The van der Waals surface area contributed by atoms with Crippen LogP contribution in [-0.2, 0) is 11.3 Å². The van der Waals surface area contributed by atoms with Crippen molar-refractivity contribution in [1.29, 1.82) is 0 Å². The van der Waals surface area contributed by atoms with E-state index in [0.717, 1.165) is 47.7 Å². The van der Waals surface area contributed by atoms with Gasteiger partial charge in [0, 0.05) is 29.4 Å². The lowest BCUT2D eigenvalue weighted by Crippen LogP contribution is -2.48. The summed E-state index contributed by atoms with van der Waals surface area (Å²) in [5.74, 6) is -0.271. The van der Waals surface area contributed by atoms with E-state index in [2.05, 4.69) is 5.10 Å². The third-order valence-corrected chi connectivity index (χ3v) is 8.67. The maximum Gasteiger partial charge on any atom is 0.303 e. The van der Waals surface area contributed by atoms with Gasteiger partial charge >= 0.3 is 5.97 Å². The molecule has 0 amide bonds. The Labute approximate surface area is 225 Å². The molecule has 0 atom stereocenters. The molecule has 2 aliphatic rings. The molecule has 2 saturated carbocycles. The minimum atomic E-state index is -0.722. The van der Waals surface area contributed by atoms with Gasteiger partial charge in [-0.1, -0.05) is 54.1 Å². The molecule has 0 radical (unpaired) electrons. The number of rotatable bonds is 8. The van der Waals surface area contributed by atoms with E-state index < -0.39 is 5.97 Å². The highest BCUT2D eigenvalue weighted by atomic mass is 35.5. The normalized spacial score (nSPS) is 22.3. The molecule has 0 unspecified atom stereocenters. The summed E-state index contributed by atoms with van der Waals surface area (Å²) >= 11 is 6.47. The molecule has 1 spiro atoms. The Morgan fingerprint density at radius 2 is 1.66 bits per heavy atom. The number of benzene rings is 3. The minimum absolute atomic E-state index is 0.0876. The molecule has 1 aromatic heterocycles. The van der Waals surface area contributed by atoms with Crippen LogP contribution in [0.15, 0.2) is 66.9 Å². The number of hydrogen-bond acceptors (Lipinski definition) is 3. The number of aromatic nitrogens is 2. The number of carboxylic acid groups (broad SMARTS) is 1. The zero-order valence-electron chi connectivity index (χ0n) is 20.9. The van der Waals surface area contributed by atoms with E-state index in [0.29, 0.717) is 35.0 Å². The minimum Gasteiger partial charge on any atom is -0.481 e. The number of carboxylic acids is 1.